The minimum atomic E-state index is -0.136. The van der Waals surface area contributed by atoms with Crippen molar-refractivity contribution in [2.75, 3.05) is 11.9 Å². The van der Waals surface area contributed by atoms with Gasteiger partial charge in [-0.3, -0.25) is 9.48 Å². The number of nitrogens with one attached hydrogen (secondary N) is 1. The number of ether oxygens (including phenoxy) is 1. The molecule has 0 aliphatic carbocycles. The van der Waals surface area contributed by atoms with Crippen LogP contribution in [0.5, 0.6) is 0 Å². The molecule has 6 nitrogen and oxygen atoms in total. The van der Waals surface area contributed by atoms with Crippen LogP contribution in [0.25, 0.3) is 0 Å². The minimum Gasteiger partial charge on any atom is -0.376 e. The fourth-order valence-electron chi connectivity index (χ4n) is 2.40. The van der Waals surface area contributed by atoms with E-state index in [0.717, 1.165) is 31.7 Å². The second kappa shape index (κ2) is 6.36. The van der Waals surface area contributed by atoms with Crippen molar-refractivity contribution in [2.45, 2.75) is 38.8 Å². The largest absolute Gasteiger partial charge is 0.376 e. The van der Waals surface area contributed by atoms with Crippen LogP contribution in [0.1, 0.15) is 34.6 Å². The van der Waals surface area contributed by atoms with E-state index in [9.17, 15) is 4.79 Å². The monoisotopic (exact) mass is 306 g/mol. The third kappa shape index (κ3) is 3.48. The van der Waals surface area contributed by atoms with Crippen LogP contribution in [0.3, 0.4) is 0 Å². The van der Waals surface area contributed by atoms with Crippen molar-refractivity contribution in [3.63, 3.8) is 0 Å². The lowest BCUT2D eigenvalue weighted by Crippen LogP contribution is -2.24. The number of hydrogen-bond donors (Lipinski definition) is 1. The lowest BCUT2D eigenvalue weighted by molar-refractivity contribution is 0.00401. The Balaban J connectivity index is 1.60. The molecule has 0 saturated carbocycles. The van der Waals surface area contributed by atoms with Gasteiger partial charge in [-0.15, -0.1) is 11.3 Å². The fourth-order valence-corrected chi connectivity index (χ4v) is 3.09. The van der Waals surface area contributed by atoms with Crippen LogP contribution in [-0.2, 0) is 11.3 Å². The summed E-state index contributed by atoms with van der Waals surface area (Å²) in [6.07, 6.45) is 7.15. The highest BCUT2D eigenvalue weighted by molar-refractivity contribution is 7.12. The quantitative estimate of drug-likeness (QED) is 0.942. The molecule has 0 aromatic carbocycles. The molecule has 2 aromatic heterocycles. The topological polar surface area (TPSA) is 69.0 Å². The third-order valence-electron chi connectivity index (χ3n) is 3.51. The number of amides is 1. The summed E-state index contributed by atoms with van der Waals surface area (Å²) < 4.78 is 7.52. The van der Waals surface area contributed by atoms with Gasteiger partial charge in [0.15, 0.2) is 0 Å². The van der Waals surface area contributed by atoms with Gasteiger partial charge in [0.2, 0.25) is 0 Å². The maximum atomic E-state index is 12.1. The molecule has 1 atom stereocenters. The van der Waals surface area contributed by atoms with Gasteiger partial charge in [0.25, 0.3) is 5.91 Å². The van der Waals surface area contributed by atoms with Crippen LogP contribution in [0, 0.1) is 6.92 Å². The molecule has 0 unspecified atom stereocenters. The first-order chi connectivity index (χ1) is 10.2. The van der Waals surface area contributed by atoms with Gasteiger partial charge in [0.1, 0.15) is 4.88 Å². The molecule has 0 spiro atoms. The maximum Gasteiger partial charge on any atom is 0.267 e. The zero-order chi connectivity index (χ0) is 14.7. The summed E-state index contributed by atoms with van der Waals surface area (Å²) in [6, 6.07) is 0. The first-order valence-corrected chi connectivity index (χ1v) is 7.96. The molecule has 1 aliphatic heterocycles. The molecular weight excluding hydrogens is 288 g/mol. The molecular formula is C14H18N4O2S. The molecule has 1 saturated heterocycles. The molecule has 0 bridgehead atoms. The molecule has 1 aliphatic rings. The molecule has 3 rings (SSSR count). The number of rotatable bonds is 4. The van der Waals surface area contributed by atoms with E-state index in [-0.39, 0.29) is 12.0 Å². The van der Waals surface area contributed by atoms with Crippen molar-refractivity contribution in [3.05, 3.63) is 28.5 Å². The van der Waals surface area contributed by atoms with Crippen LogP contribution >= 0.6 is 11.3 Å². The Bertz CT molecular complexity index is 616. The number of carbonyl (C=O) groups excluding carboxylic acids is 1. The summed E-state index contributed by atoms with van der Waals surface area (Å²) in [5.74, 6) is -0.136. The van der Waals surface area contributed by atoms with Gasteiger partial charge < -0.3 is 10.1 Å². The Morgan fingerprint density at radius 3 is 3.19 bits per heavy atom. The van der Waals surface area contributed by atoms with Crippen LogP contribution < -0.4 is 5.32 Å². The van der Waals surface area contributed by atoms with E-state index in [4.69, 9.17) is 4.74 Å². The van der Waals surface area contributed by atoms with Gasteiger partial charge in [-0.2, -0.15) is 5.10 Å². The summed E-state index contributed by atoms with van der Waals surface area (Å²) in [7, 11) is 0. The molecule has 7 heteroatoms. The van der Waals surface area contributed by atoms with Gasteiger partial charge in [-0.1, -0.05) is 0 Å². The van der Waals surface area contributed by atoms with Crippen molar-refractivity contribution in [3.8, 4) is 0 Å². The Labute approximate surface area is 127 Å². The SMILES string of the molecule is Cc1ncsc1C(=O)Nc1cnn(C[C@H]2CCCCO2)c1. The molecule has 1 N–H and O–H groups in total. The molecule has 0 radical (unpaired) electrons. The Morgan fingerprint density at radius 2 is 2.48 bits per heavy atom. The van der Waals surface area contributed by atoms with Crippen molar-refractivity contribution < 1.29 is 9.53 Å². The molecule has 2 aromatic rings. The number of thiazole rings is 1. The average molecular weight is 306 g/mol. The maximum absolute atomic E-state index is 12.1. The van der Waals surface area contributed by atoms with Crippen molar-refractivity contribution in [2.24, 2.45) is 0 Å². The predicted molar refractivity (Wildman–Crippen MR) is 80.6 cm³/mol. The van der Waals surface area contributed by atoms with Crippen LogP contribution in [0.15, 0.2) is 17.9 Å². The molecule has 1 fully saturated rings. The van der Waals surface area contributed by atoms with Gasteiger partial charge >= 0.3 is 0 Å². The normalized spacial score (nSPS) is 18.6. The van der Waals surface area contributed by atoms with E-state index in [1.54, 1.807) is 11.7 Å². The van der Waals surface area contributed by atoms with Crippen molar-refractivity contribution in [1.29, 1.82) is 0 Å². The van der Waals surface area contributed by atoms with Gasteiger partial charge in [0.05, 0.1) is 35.7 Å². The van der Waals surface area contributed by atoms with Crippen molar-refractivity contribution in [1.82, 2.24) is 14.8 Å². The average Bonchev–Trinajstić information content (AvgIpc) is 3.09. The summed E-state index contributed by atoms with van der Waals surface area (Å²) in [5.41, 5.74) is 3.12. The number of anilines is 1. The Kier molecular flexibility index (Phi) is 4.31. The standard InChI is InChI=1S/C14H18N4O2S/c1-10-13(21-9-15-10)14(19)17-11-6-16-18(7-11)8-12-4-2-3-5-20-12/h6-7,9,12H,2-5,8H2,1H3,(H,17,19)/t12-/m1/s1. The molecule has 1 amide bonds. The van der Waals surface area contributed by atoms with Crippen LogP contribution in [0.4, 0.5) is 5.69 Å². The van der Waals surface area contributed by atoms with Gasteiger partial charge in [0, 0.05) is 12.8 Å². The van der Waals surface area contributed by atoms with E-state index < -0.39 is 0 Å². The molecule has 21 heavy (non-hydrogen) atoms. The zero-order valence-corrected chi connectivity index (χ0v) is 12.7. The fraction of sp³-hybridized carbons (Fsp3) is 0.500. The van der Waals surface area contributed by atoms with Gasteiger partial charge in [-0.25, -0.2) is 4.98 Å². The van der Waals surface area contributed by atoms with Crippen LogP contribution in [0.2, 0.25) is 0 Å². The summed E-state index contributed by atoms with van der Waals surface area (Å²) in [5, 5.41) is 7.13. The number of aryl methyl sites for hydroxylation is 1. The van der Waals surface area contributed by atoms with Crippen LogP contribution in [-0.4, -0.2) is 33.4 Å². The highest BCUT2D eigenvalue weighted by Gasteiger charge is 2.16. The number of hydrogen-bond acceptors (Lipinski definition) is 5. The first-order valence-electron chi connectivity index (χ1n) is 7.08. The second-order valence-corrected chi connectivity index (χ2v) is 6.02. The van der Waals surface area contributed by atoms with E-state index in [2.05, 4.69) is 15.4 Å². The highest BCUT2D eigenvalue weighted by atomic mass is 32.1. The second-order valence-electron chi connectivity index (χ2n) is 5.16. The molecule has 112 valence electrons. The lowest BCUT2D eigenvalue weighted by atomic mass is 10.1. The summed E-state index contributed by atoms with van der Waals surface area (Å²) in [4.78, 5) is 16.8. The smallest absolute Gasteiger partial charge is 0.267 e. The number of nitrogens with zero attached hydrogens (tertiary/aromatic N) is 3. The number of aromatic nitrogens is 3. The van der Waals surface area contributed by atoms with Gasteiger partial charge in [-0.05, 0) is 26.2 Å². The Morgan fingerprint density at radius 1 is 1.57 bits per heavy atom. The Hall–Kier alpha value is -1.73. The third-order valence-corrected chi connectivity index (χ3v) is 4.43. The van der Waals surface area contributed by atoms with E-state index >= 15 is 0 Å². The highest BCUT2D eigenvalue weighted by Crippen LogP contribution is 2.17. The van der Waals surface area contributed by atoms with E-state index in [1.165, 1.54) is 17.8 Å². The lowest BCUT2D eigenvalue weighted by Gasteiger charge is -2.22. The summed E-state index contributed by atoms with van der Waals surface area (Å²) >= 11 is 1.34. The first kappa shape index (κ1) is 14.2. The zero-order valence-electron chi connectivity index (χ0n) is 11.9. The minimum absolute atomic E-state index is 0.136. The summed E-state index contributed by atoms with van der Waals surface area (Å²) in [6.45, 7) is 3.39. The van der Waals surface area contributed by atoms with Crippen molar-refractivity contribution >= 4 is 22.9 Å². The van der Waals surface area contributed by atoms with E-state index in [0.29, 0.717) is 10.6 Å². The van der Waals surface area contributed by atoms with E-state index in [1.807, 2.05) is 17.8 Å². The molecule has 3 heterocycles. The predicted octanol–water partition coefficient (Wildman–Crippen LogP) is 2.47. The number of carbonyl (C=O) groups is 1.